The van der Waals surface area contributed by atoms with E-state index in [1.807, 2.05) is 25.1 Å². The summed E-state index contributed by atoms with van der Waals surface area (Å²) < 4.78 is 5.13. The molecule has 3 aromatic heterocycles. The van der Waals surface area contributed by atoms with E-state index in [-0.39, 0.29) is 12.4 Å². The van der Waals surface area contributed by atoms with E-state index in [4.69, 9.17) is 4.74 Å². The molecule has 0 saturated carbocycles. The lowest BCUT2D eigenvalue weighted by Gasteiger charge is -2.10. The zero-order valence-corrected chi connectivity index (χ0v) is 16.1. The lowest BCUT2D eigenvalue weighted by molar-refractivity contribution is 0.0526. The molecule has 7 heteroatoms. The molecule has 27 heavy (non-hydrogen) atoms. The maximum Gasteiger partial charge on any atom is 0.338 e. The molecule has 3 rings (SSSR count). The molecule has 0 aromatic carbocycles. The number of carbonyl (C=O) groups is 2. The highest BCUT2D eigenvalue weighted by Crippen LogP contribution is 2.29. The van der Waals surface area contributed by atoms with Gasteiger partial charge < -0.3 is 10.1 Å². The monoisotopic (exact) mass is 381 g/mol. The summed E-state index contributed by atoms with van der Waals surface area (Å²) in [6.07, 6.45) is 1.70. The van der Waals surface area contributed by atoms with Gasteiger partial charge in [0.1, 0.15) is 11.6 Å². The van der Waals surface area contributed by atoms with E-state index in [1.165, 1.54) is 18.3 Å². The van der Waals surface area contributed by atoms with E-state index in [2.05, 4.69) is 15.3 Å². The van der Waals surface area contributed by atoms with Gasteiger partial charge in [-0.05, 0) is 62.7 Å². The van der Waals surface area contributed by atoms with Crippen molar-refractivity contribution in [1.82, 2.24) is 9.97 Å². The Morgan fingerprint density at radius 2 is 1.96 bits per heavy atom. The van der Waals surface area contributed by atoms with E-state index in [1.54, 1.807) is 31.3 Å². The van der Waals surface area contributed by atoms with Crippen molar-refractivity contribution in [2.45, 2.75) is 20.8 Å². The fourth-order valence-corrected chi connectivity index (χ4v) is 3.32. The average molecular weight is 381 g/mol. The van der Waals surface area contributed by atoms with Crippen molar-refractivity contribution in [3.8, 4) is 10.6 Å². The Morgan fingerprint density at radius 3 is 2.63 bits per heavy atom. The van der Waals surface area contributed by atoms with Gasteiger partial charge in [0.05, 0.1) is 27.6 Å². The van der Waals surface area contributed by atoms with Crippen LogP contribution in [0.1, 0.15) is 39.4 Å². The molecule has 3 aromatic rings. The van der Waals surface area contributed by atoms with Gasteiger partial charge in [-0.2, -0.15) is 0 Å². The number of ketones is 1. The summed E-state index contributed by atoms with van der Waals surface area (Å²) >= 11 is 1.34. The molecule has 3 heterocycles. The van der Waals surface area contributed by atoms with Crippen LogP contribution in [0.5, 0.6) is 0 Å². The molecule has 6 nitrogen and oxygen atoms in total. The van der Waals surface area contributed by atoms with E-state index < -0.39 is 5.97 Å². The second-order valence-corrected chi connectivity index (χ2v) is 6.99. The van der Waals surface area contributed by atoms with Gasteiger partial charge >= 0.3 is 5.97 Å². The molecule has 0 amide bonds. The minimum atomic E-state index is -0.426. The number of aryl methyl sites for hydroxylation is 1. The highest BCUT2D eigenvalue weighted by molar-refractivity contribution is 7.17. The number of esters is 1. The molecule has 0 aliphatic rings. The molecule has 0 unspecified atom stereocenters. The van der Waals surface area contributed by atoms with E-state index >= 15 is 0 Å². The summed E-state index contributed by atoms with van der Waals surface area (Å²) in [5, 5.41) is 3.13. The maximum atomic E-state index is 12.3. The van der Waals surface area contributed by atoms with Crippen LogP contribution in [0.15, 0.2) is 42.6 Å². The number of rotatable bonds is 6. The standard InChI is InChI=1S/C20H19N3O3S/c1-4-26-20(25)14-10-15(17-6-5-16(27-17)13(3)24)22-19(11-14)23-18-9-12(2)7-8-21-18/h5-11H,4H2,1-3H3,(H,21,22,23). The van der Waals surface area contributed by atoms with Gasteiger partial charge in [0.15, 0.2) is 5.78 Å². The largest absolute Gasteiger partial charge is 0.462 e. The number of nitrogens with zero attached hydrogens (tertiary/aromatic N) is 2. The molecule has 0 aliphatic carbocycles. The van der Waals surface area contributed by atoms with Crippen LogP contribution in [-0.4, -0.2) is 28.3 Å². The zero-order chi connectivity index (χ0) is 19.4. The normalized spacial score (nSPS) is 10.5. The fourth-order valence-electron chi connectivity index (χ4n) is 2.45. The van der Waals surface area contributed by atoms with Crippen LogP contribution in [0.2, 0.25) is 0 Å². The minimum absolute atomic E-state index is 0.00453. The van der Waals surface area contributed by atoms with Crippen LogP contribution in [0.25, 0.3) is 10.6 Å². The first kappa shape index (κ1) is 18.7. The van der Waals surface area contributed by atoms with Gasteiger partial charge in [-0.1, -0.05) is 0 Å². The predicted octanol–water partition coefficient (Wildman–Crippen LogP) is 4.64. The highest BCUT2D eigenvalue weighted by atomic mass is 32.1. The third kappa shape index (κ3) is 4.57. The maximum absolute atomic E-state index is 12.3. The number of aromatic nitrogens is 2. The smallest absolute Gasteiger partial charge is 0.338 e. The SMILES string of the molecule is CCOC(=O)c1cc(Nc2cc(C)ccn2)nc(-c2ccc(C(C)=O)s2)c1. The number of ether oxygens (including phenoxy) is 1. The number of anilines is 2. The zero-order valence-electron chi connectivity index (χ0n) is 15.3. The number of carbonyl (C=O) groups excluding carboxylic acids is 2. The first-order valence-corrected chi connectivity index (χ1v) is 9.28. The molecule has 0 spiro atoms. The van der Waals surface area contributed by atoms with E-state index in [9.17, 15) is 9.59 Å². The Morgan fingerprint density at radius 1 is 1.15 bits per heavy atom. The van der Waals surface area contributed by atoms with Gasteiger partial charge in [0.25, 0.3) is 0 Å². The average Bonchev–Trinajstić information content (AvgIpc) is 3.12. The molecule has 0 fully saturated rings. The van der Waals surface area contributed by atoms with Gasteiger partial charge in [-0.25, -0.2) is 14.8 Å². The van der Waals surface area contributed by atoms with Crippen molar-refractivity contribution in [2.24, 2.45) is 0 Å². The number of nitrogens with one attached hydrogen (secondary N) is 1. The third-order valence-electron chi connectivity index (χ3n) is 3.71. The Balaban J connectivity index is 2.02. The van der Waals surface area contributed by atoms with Gasteiger partial charge in [0.2, 0.25) is 0 Å². The van der Waals surface area contributed by atoms with Crippen LogP contribution >= 0.6 is 11.3 Å². The summed E-state index contributed by atoms with van der Waals surface area (Å²) in [5.41, 5.74) is 2.03. The summed E-state index contributed by atoms with van der Waals surface area (Å²) in [6, 6.07) is 10.7. The summed E-state index contributed by atoms with van der Waals surface area (Å²) in [4.78, 5) is 34.1. The molecule has 138 valence electrons. The van der Waals surface area contributed by atoms with Crippen LogP contribution < -0.4 is 5.32 Å². The molecular formula is C20H19N3O3S. The number of hydrogen-bond acceptors (Lipinski definition) is 7. The van der Waals surface area contributed by atoms with Crippen LogP contribution in [0.4, 0.5) is 11.6 Å². The molecule has 0 radical (unpaired) electrons. The van der Waals surface area contributed by atoms with Gasteiger partial charge in [0, 0.05) is 6.20 Å². The van der Waals surface area contributed by atoms with Crippen molar-refractivity contribution in [1.29, 1.82) is 0 Å². The first-order chi connectivity index (χ1) is 13.0. The van der Waals surface area contributed by atoms with Crippen molar-refractivity contribution in [3.63, 3.8) is 0 Å². The van der Waals surface area contributed by atoms with Crippen LogP contribution in [-0.2, 0) is 4.74 Å². The number of thiophene rings is 1. The van der Waals surface area contributed by atoms with E-state index in [0.29, 0.717) is 27.8 Å². The third-order valence-corrected chi connectivity index (χ3v) is 4.92. The summed E-state index contributed by atoms with van der Waals surface area (Å²) in [7, 11) is 0. The second-order valence-electron chi connectivity index (χ2n) is 5.91. The lowest BCUT2D eigenvalue weighted by Crippen LogP contribution is -2.07. The highest BCUT2D eigenvalue weighted by Gasteiger charge is 2.15. The van der Waals surface area contributed by atoms with Gasteiger partial charge in [-0.3, -0.25) is 4.79 Å². The fraction of sp³-hybridized carbons (Fsp3) is 0.200. The number of pyridine rings is 2. The minimum Gasteiger partial charge on any atom is -0.462 e. The summed E-state index contributed by atoms with van der Waals surface area (Å²) in [6.45, 7) is 5.53. The number of Topliss-reactive ketones (excluding diaryl/α,β-unsaturated/α-hetero) is 1. The Kier molecular flexibility index (Phi) is 5.61. The Labute approximate surface area is 161 Å². The second kappa shape index (κ2) is 8.09. The topological polar surface area (TPSA) is 81.2 Å². The predicted molar refractivity (Wildman–Crippen MR) is 106 cm³/mol. The van der Waals surface area contributed by atoms with Crippen molar-refractivity contribution in [2.75, 3.05) is 11.9 Å². The first-order valence-electron chi connectivity index (χ1n) is 8.46. The lowest BCUT2D eigenvalue weighted by atomic mass is 10.2. The Hall–Kier alpha value is -3.06. The van der Waals surface area contributed by atoms with Crippen LogP contribution in [0.3, 0.4) is 0 Å². The molecular weight excluding hydrogens is 362 g/mol. The molecule has 0 atom stereocenters. The van der Waals surface area contributed by atoms with Crippen molar-refractivity contribution >= 4 is 34.7 Å². The molecule has 0 aliphatic heterocycles. The van der Waals surface area contributed by atoms with E-state index in [0.717, 1.165) is 10.4 Å². The quantitative estimate of drug-likeness (QED) is 0.495. The van der Waals surface area contributed by atoms with Crippen molar-refractivity contribution < 1.29 is 14.3 Å². The molecule has 0 bridgehead atoms. The van der Waals surface area contributed by atoms with Gasteiger partial charge in [-0.15, -0.1) is 11.3 Å². The Bertz CT molecular complexity index is 998. The summed E-state index contributed by atoms with van der Waals surface area (Å²) in [5.74, 6) is 0.677. The number of hydrogen-bond donors (Lipinski definition) is 1. The van der Waals surface area contributed by atoms with Crippen LogP contribution in [0, 0.1) is 6.92 Å². The molecule has 0 saturated heterocycles. The van der Waals surface area contributed by atoms with Crippen molar-refractivity contribution in [3.05, 3.63) is 58.6 Å². The molecule has 1 N–H and O–H groups in total.